The van der Waals surface area contributed by atoms with E-state index in [-0.39, 0.29) is 0 Å². The molecule has 0 saturated carbocycles. The predicted molar refractivity (Wildman–Crippen MR) is 203 cm³/mol. The van der Waals surface area contributed by atoms with Crippen molar-refractivity contribution in [1.29, 1.82) is 0 Å². The number of pyridine rings is 3. The Bertz CT molecular complexity index is 3170. The number of aromatic nitrogens is 10. The van der Waals surface area contributed by atoms with Gasteiger partial charge in [0.25, 0.3) is 0 Å². The first kappa shape index (κ1) is 28.0. The molecule has 11 aromatic rings. The smallest absolute Gasteiger partial charge is 0.211 e. The zero-order chi connectivity index (χ0) is 33.6. The van der Waals surface area contributed by atoms with Crippen LogP contribution >= 0.6 is 12.6 Å². The van der Waals surface area contributed by atoms with Gasteiger partial charge < -0.3 is 13.7 Å². The van der Waals surface area contributed by atoms with E-state index in [1.54, 1.807) is 4.68 Å². The number of benzene rings is 4. The highest BCUT2D eigenvalue weighted by atomic mass is 32.1. The number of rotatable bonds is 4. The van der Waals surface area contributed by atoms with Gasteiger partial charge in [0, 0.05) is 51.8 Å². The maximum atomic E-state index is 4.92. The van der Waals surface area contributed by atoms with E-state index in [2.05, 4.69) is 133 Å². The minimum atomic E-state index is 0.415. The molecule has 0 aliphatic carbocycles. The van der Waals surface area contributed by atoms with E-state index in [1.807, 2.05) is 48.9 Å². The Morgan fingerprint density at radius 1 is 0.412 bits per heavy atom. The lowest BCUT2D eigenvalue weighted by atomic mass is 10.2. The van der Waals surface area contributed by atoms with E-state index in [0.29, 0.717) is 5.16 Å². The van der Waals surface area contributed by atoms with Crippen molar-refractivity contribution in [2.45, 2.75) is 5.16 Å². The first-order valence-electron chi connectivity index (χ1n) is 16.4. The monoisotopic (exact) mass is 676 g/mol. The van der Waals surface area contributed by atoms with Crippen molar-refractivity contribution in [2.75, 3.05) is 0 Å². The van der Waals surface area contributed by atoms with Crippen molar-refractivity contribution in [2.24, 2.45) is 0 Å². The van der Waals surface area contributed by atoms with Gasteiger partial charge in [-0.25, -0.2) is 0 Å². The van der Waals surface area contributed by atoms with Gasteiger partial charge in [-0.15, -0.1) is 17.7 Å². The van der Waals surface area contributed by atoms with Crippen molar-refractivity contribution >= 4 is 78.4 Å². The van der Waals surface area contributed by atoms with Crippen molar-refractivity contribution in [3.8, 4) is 22.7 Å². The van der Waals surface area contributed by atoms with Gasteiger partial charge in [0.2, 0.25) is 5.16 Å². The number of para-hydroxylation sites is 1. The summed E-state index contributed by atoms with van der Waals surface area (Å²) in [6, 6.07) is 42.2. The van der Waals surface area contributed by atoms with E-state index < -0.39 is 0 Å². The Hall–Kier alpha value is -6.85. The molecule has 0 unspecified atom stereocenters. The maximum absolute atomic E-state index is 4.92. The molecule has 0 N–H and O–H groups in total. The van der Waals surface area contributed by atoms with Crippen molar-refractivity contribution in [1.82, 2.24) is 48.9 Å². The molecule has 0 amide bonds. The van der Waals surface area contributed by atoms with Crippen LogP contribution in [0.15, 0.2) is 145 Å². The van der Waals surface area contributed by atoms with E-state index in [1.165, 1.54) is 0 Å². The molecule has 4 aromatic carbocycles. The number of nitrogens with zero attached hydrogens (tertiary/aromatic N) is 10. The minimum absolute atomic E-state index is 0.415. The summed E-state index contributed by atoms with van der Waals surface area (Å²) >= 11 is 4.43. The molecule has 0 bridgehead atoms. The molecule has 240 valence electrons. The lowest BCUT2D eigenvalue weighted by molar-refractivity contribution is 0.759. The summed E-state index contributed by atoms with van der Waals surface area (Å²) in [6.45, 7) is 0. The molecule has 11 heteroatoms. The molecule has 0 aliphatic heterocycles. The molecular weight excluding hydrogens is 653 g/mol. The van der Waals surface area contributed by atoms with Gasteiger partial charge >= 0.3 is 0 Å². The molecular formula is C40H24N10S. The first-order chi connectivity index (χ1) is 25.2. The highest BCUT2D eigenvalue weighted by Gasteiger charge is 2.20. The molecule has 0 spiro atoms. The molecule has 11 rings (SSSR count). The summed E-state index contributed by atoms with van der Waals surface area (Å²) < 4.78 is 8.44. The van der Waals surface area contributed by atoms with Crippen LogP contribution in [0.4, 0.5) is 0 Å². The highest BCUT2D eigenvalue weighted by Crippen LogP contribution is 2.38. The van der Waals surface area contributed by atoms with E-state index >= 15 is 0 Å². The summed E-state index contributed by atoms with van der Waals surface area (Å²) in [4.78, 5) is 14.6. The molecule has 0 atom stereocenters. The van der Waals surface area contributed by atoms with E-state index in [4.69, 9.17) is 15.0 Å². The van der Waals surface area contributed by atoms with Gasteiger partial charge in [0.1, 0.15) is 0 Å². The molecule has 7 heterocycles. The zero-order valence-electron chi connectivity index (χ0n) is 26.7. The largest absolute Gasteiger partial charge is 0.308 e. The van der Waals surface area contributed by atoms with Crippen molar-refractivity contribution < 1.29 is 0 Å². The van der Waals surface area contributed by atoms with Gasteiger partial charge in [-0.3, -0.25) is 15.0 Å². The molecule has 7 aromatic heterocycles. The zero-order valence-corrected chi connectivity index (χ0v) is 27.6. The molecule has 0 radical (unpaired) electrons. The van der Waals surface area contributed by atoms with Crippen LogP contribution in [0.25, 0.3) is 88.6 Å². The Morgan fingerprint density at radius 2 is 0.863 bits per heavy atom. The van der Waals surface area contributed by atoms with E-state index in [9.17, 15) is 0 Å². The second-order valence-corrected chi connectivity index (χ2v) is 12.9. The van der Waals surface area contributed by atoms with Gasteiger partial charge in [0.05, 0.1) is 55.3 Å². The molecule has 0 fully saturated rings. The Balaban J connectivity index is 1.13. The number of hydrogen-bond acceptors (Lipinski definition) is 7. The van der Waals surface area contributed by atoms with Crippen LogP contribution in [0.3, 0.4) is 0 Å². The molecule has 0 aliphatic rings. The summed E-state index contributed by atoms with van der Waals surface area (Å²) in [6.07, 6.45) is 5.55. The maximum Gasteiger partial charge on any atom is 0.211 e. The summed E-state index contributed by atoms with van der Waals surface area (Å²) in [7, 11) is 0. The van der Waals surface area contributed by atoms with Crippen LogP contribution in [-0.2, 0) is 0 Å². The van der Waals surface area contributed by atoms with Crippen LogP contribution in [0, 0.1) is 0 Å². The standard InChI is InChI=1S/C40H24N10S/c51-40-44-45-46-50(40)27-14-17-33-30(23-27)39-36(11-6-20-43-39)49(33)26-13-16-32-29(22-26)38-35(10-5-19-42-38)48(32)25-12-15-31-28(21-25)37-34(9-4-18-41-37)47(31)24-7-2-1-3-8-24/h1-23H,(H,44,46,51). The van der Waals surface area contributed by atoms with Gasteiger partial charge in [-0.2, -0.15) is 4.68 Å². The number of tetrazole rings is 1. The second-order valence-electron chi connectivity index (χ2n) is 12.5. The van der Waals surface area contributed by atoms with E-state index in [0.717, 1.165) is 88.6 Å². The quantitative estimate of drug-likeness (QED) is 0.188. The Morgan fingerprint density at radius 3 is 1.33 bits per heavy atom. The third-order valence-electron chi connectivity index (χ3n) is 9.74. The molecule has 10 nitrogen and oxygen atoms in total. The van der Waals surface area contributed by atoms with Crippen molar-refractivity contribution in [3.63, 3.8) is 0 Å². The fourth-order valence-corrected chi connectivity index (χ4v) is 7.84. The fraction of sp³-hybridized carbons (Fsp3) is 0. The lowest BCUT2D eigenvalue weighted by Gasteiger charge is -2.11. The molecule has 0 saturated heterocycles. The summed E-state index contributed by atoms with van der Waals surface area (Å²) in [5, 5.41) is 15.4. The fourth-order valence-electron chi connectivity index (χ4n) is 7.64. The lowest BCUT2D eigenvalue weighted by Crippen LogP contribution is -1.98. The first-order valence-corrected chi connectivity index (χ1v) is 16.9. The summed E-state index contributed by atoms with van der Waals surface area (Å²) in [5.41, 5.74) is 13.0. The minimum Gasteiger partial charge on any atom is -0.308 e. The number of thiol groups is 1. The van der Waals surface area contributed by atoms with Crippen LogP contribution in [-0.4, -0.2) is 48.9 Å². The predicted octanol–water partition coefficient (Wildman–Crippen LogP) is 8.43. The van der Waals surface area contributed by atoms with Crippen molar-refractivity contribution in [3.05, 3.63) is 140 Å². The Kier molecular flexibility index (Phi) is 5.81. The number of hydrogen-bond donors (Lipinski definition) is 1. The average Bonchev–Trinajstić information content (AvgIpc) is 3.94. The topological polar surface area (TPSA) is 97.1 Å². The normalized spacial score (nSPS) is 12.0. The van der Waals surface area contributed by atoms with Gasteiger partial charge in [-0.1, -0.05) is 18.2 Å². The third kappa shape index (κ3) is 4.00. The highest BCUT2D eigenvalue weighted by molar-refractivity contribution is 7.80. The van der Waals surface area contributed by atoms with Crippen LogP contribution < -0.4 is 0 Å². The third-order valence-corrected chi connectivity index (χ3v) is 10.0. The summed E-state index contributed by atoms with van der Waals surface area (Å²) in [5.74, 6) is 0. The van der Waals surface area contributed by atoms with Gasteiger partial charge in [0.15, 0.2) is 0 Å². The van der Waals surface area contributed by atoms with Gasteiger partial charge in [-0.05, 0) is 114 Å². The molecule has 51 heavy (non-hydrogen) atoms. The SMILES string of the molecule is Sc1nnnn1-c1ccc2c(c1)c1ncccc1n2-c1ccc2c(c1)c1ncccc1n2-c1ccc2c(c1)c1ncccc1n2-c1ccccc1. The van der Waals surface area contributed by atoms with Crippen LogP contribution in [0.1, 0.15) is 0 Å². The Labute approximate surface area is 294 Å². The van der Waals surface area contributed by atoms with Crippen LogP contribution in [0.5, 0.6) is 0 Å². The van der Waals surface area contributed by atoms with Crippen LogP contribution in [0.2, 0.25) is 0 Å². The second kappa shape index (κ2) is 10.6. The number of fused-ring (bicyclic) bond motifs is 9. The average molecular weight is 677 g/mol.